The average Bonchev–Trinajstić information content (AvgIpc) is 3.15. The summed E-state index contributed by atoms with van der Waals surface area (Å²) in [5, 5.41) is 13.4. The van der Waals surface area contributed by atoms with E-state index in [0.29, 0.717) is 23.6 Å². The number of hydrogen-bond donors (Lipinski definition) is 1. The zero-order valence-corrected chi connectivity index (χ0v) is 16.7. The summed E-state index contributed by atoms with van der Waals surface area (Å²) < 4.78 is 1.51. The van der Waals surface area contributed by atoms with Crippen LogP contribution in [0, 0.1) is 11.3 Å². The van der Waals surface area contributed by atoms with Gasteiger partial charge in [-0.15, -0.1) is 4.57 Å². The first-order valence-electron chi connectivity index (χ1n) is 10.1. The Morgan fingerprint density at radius 3 is 1.97 bits per heavy atom. The first kappa shape index (κ1) is 18.7. The van der Waals surface area contributed by atoms with Crippen LogP contribution in [0.2, 0.25) is 0 Å². The summed E-state index contributed by atoms with van der Waals surface area (Å²) in [5.74, 6) is 0.417. The highest BCUT2D eigenvalue weighted by atomic mass is 16.2. The fourth-order valence-electron chi connectivity index (χ4n) is 3.96. The second-order valence-electron chi connectivity index (χ2n) is 7.41. The van der Waals surface area contributed by atoms with Crippen molar-refractivity contribution < 1.29 is 9.36 Å². The summed E-state index contributed by atoms with van der Waals surface area (Å²) in [4.78, 5) is 18.3. The molecular formula is C26H19N4O+. The van der Waals surface area contributed by atoms with Crippen molar-refractivity contribution in [1.29, 1.82) is 5.26 Å². The van der Waals surface area contributed by atoms with E-state index >= 15 is 0 Å². The quantitative estimate of drug-likeness (QED) is 0.517. The third-order valence-corrected chi connectivity index (χ3v) is 5.43. The minimum absolute atomic E-state index is 0.146. The van der Waals surface area contributed by atoms with Gasteiger partial charge in [0.1, 0.15) is 11.8 Å². The zero-order chi connectivity index (χ0) is 21.2. The number of carbonyl (C=O) groups excluding carboxylic acids is 1. The molecule has 148 valence electrons. The Labute approximate surface area is 180 Å². The van der Waals surface area contributed by atoms with E-state index in [9.17, 15) is 10.1 Å². The molecule has 3 aromatic carbocycles. The molecule has 31 heavy (non-hydrogen) atoms. The van der Waals surface area contributed by atoms with Crippen LogP contribution in [0.4, 0.5) is 5.82 Å². The average molecular weight is 403 g/mol. The summed E-state index contributed by atoms with van der Waals surface area (Å²) in [5.41, 5.74) is 4.13. The number of nitrogens with one attached hydrogen (secondary N) is 1. The molecule has 0 amide bonds. The fourth-order valence-corrected chi connectivity index (χ4v) is 3.96. The summed E-state index contributed by atoms with van der Waals surface area (Å²) in [6.07, 6.45) is 0.529. The maximum Gasteiger partial charge on any atom is 0.360 e. The Kier molecular flexibility index (Phi) is 4.74. The minimum atomic E-state index is -0.468. The van der Waals surface area contributed by atoms with Gasteiger partial charge in [-0.2, -0.15) is 5.26 Å². The standard InChI is InChI=1S/C26H18N4O/c27-17-22-23(19-12-6-2-7-13-19)29-24(20-14-8-3-9-15-20)25-28-21(26(31)30(22)25)16-18-10-4-1-5-11-18/h1-15,21H,16H2/p+1. The maximum atomic E-state index is 13.5. The lowest BCUT2D eigenvalue weighted by molar-refractivity contribution is -0.554. The molecule has 0 spiro atoms. The van der Waals surface area contributed by atoms with Gasteiger partial charge in [-0.25, -0.2) is 9.78 Å². The smallest absolute Gasteiger partial charge is 0.257 e. The summed E-state index contributed by atoms with van der Waals surface area (Å²) in [6.45, 7) is 0. The monoisotopic (exact) mass is 403 g/mol. The second-order valence-corrected chi connectivity index (χ2v) is 7.41. The Morgan fingerprint density at radius 2 is 1.39 bits per heavy atom. The molecule has 0 fully saturated rings. The van der Waals surface area contributed by atoms with Gasteiger partial charge in [0.25, 0.3) is 0 Å². The molecule has 1 unspecified atom stereocenters. The van der Waals surface area contributed by atoms with Gasteiger partial charge in [-0.3, -0.25) is 5.32 Å². The maximum absolute atomic E-state index is 13.5. The van der Waals surface area contributed by atoms with Crippen LogP contribution in [-0.4, -0.2) is 16.9 Å². The summed E-state index contributed by atoms with van der Waals surface area (Å²) in [6, 6.07) is 30.9. The minimum Gasteiger partial charge on any atom is -0.257 e. The van der Waals surface area contributed by atoms with E-state index in [1.54, 1.807) is 0 Å². The molecule has 5 nitrogen and oxygen atoms in total. The van der Waals surface area contributed by atoms with Crippen molar-refractivity contribution in [3.05, 3.63) is 102 Å². The number of benzene rings is 3. The number of fused-ring (bicyclic) bond motifs is 1. The third kappa shape index (κ3) is 3.34. The summed E-state index contributed by atoms with van der Waals surface area (Å²) in [7, 11) is 0. The van der Waals surface area contributed by atoms with E-state index in [2.05, 4.69) is 11.4 Å². The molecule has 0 saturated heterocycles. The molecule has 0 bridgehead atoms. The van der Waals surface area contributed by atoms with Crippen LogP contribution in [0.25, 0.3) is 22.5 Å². The van der Waals surface area contributed by atoms with Gasteiger partial charge in [0, 0.05) is 17.5 Å². The number of carbonyl (C=O) groups is 1. The van der Waals surface area contributed by atoms with E-state index < -0.39 is 6.04 Å². The predicted octanol–water partition coefficient (Wildman–Crippen LogP) is 4.25. The Bertz CT molecular complexity index is 1300. The van der Waals surface area contributed by atoms with Crippen LogP contribution in [-0.2, 0) is 6.42 Å². The number of rotatable bonds is 4. The van der Waals surface area contributed by atoms with Crippen molar-refractivity contribution in [1.82, 2.24) is 4.98 Å². The highest BCUT2D eigenvalue weighted by molar-refractivity contribution is 5.88. The van der Waals surface area contributed by atoms with Crippen molar-refractivity contribution in [3.63, 3.8) is 0 Å². The second kappa shape index (κ2) is 7.85. The molecule has 0 aliphatic carbocycles. The predicted molar refractivity (Wildman–Crippen MR) is 118 cm³/mol. The molecule has 2 heterocycles. The number of nitriles is 1. The van der Waals surface area contributed by atoms with Gasteiger partial charge in [0.05, 0.1) is 0 Å². The number of hydrogen-bond acceptors (Lipinski definition) is 4. The SMILES string of the molecule is N#Cc1c(-c2ccccc2)nc(-c2ccccc2)c2[n+]1C(=O)C(Cc1ccccc1)N2. The van der Waals surface area contributed by atoms with Crippen molar-refractivity contribution in [2.45, 2.75) is 12.5 Å². The topological polar surface area (TPSA) is 69.7 Å². The largest absolute Gasteiger partial charge is 0.360 e. The van der Waals surface area contributed by atoms with Crippen LogP contribution in [0.15, 0.2) is 91.0 Å². The van der Waals surface area contributed by atoms with Crippen LogP contribution in [0.5, 0.6) is 0 Å². The highest BCUT2D eigenvalue weighted by Gasteiger charge is 2.44. The van der Waals surface area contributed by atoms with Gasteiger partial charge < -0.3 is 0 Å². The first-order valence-corrected chi connectivity index (χ1v) is 10.1. The Hall–Kier alpha value is -4.30. The Balaban J connectivity index is 1.70. The van der Waals surface area contributed by atoms with E-state index in [4.69, 9.17) is 4.98 Å². The van der Waals surface area contributed by atoms with Crippen LogP contribution in [0.3, 0.4) is 0 Å². The van der Waals surface area contributed by atoms with E-state index in [1.807, 2.05) is 91.0 Å². The molecule has 0 radical (unpaired) electrons. The highest BCUT2D eigenvalue weighted by Crippen LogP contribution is 2.31. The Morgan fingerprint density at radius 1 is 0.839 bits per heavy atom. The van der Waals surface area contributed by atoms with Crippen LogP contribution >= 0.6 is 0 Å². The molecule has 1 N–H and O–H groups in total. The van der Waals surface area contributed by atoms with E-state index in [-0.39, 0.29) is 11.6 Å². The molecule has 5 heteroatoms. The molecule has 5 rings (SSSR count). The number of anilines is 1. The first-order chi connectivity index (χ1) is 15.3. The molecule has 0 saturated carbocycles. The number of nitrogens with zero attached hydrogens (tertiary/aromatic N) is 3. The van der Waals surface area contributed by atoms with E-state index in [0.717, 1.165) is 16.7 Å². The van der Waals surface area contributed by atoms with Crippen molar-refractivity contribution in [2.24, 2.45) is 0 Å². The van der Waals surface area contributed by atoms with Crippen molar-refractivity contribution >= 4 is 11.7 Å². The molecule has 1 aromatic heterocycles. The van der Waals surface area contributed by atoms with Gasteiger partial charge in [-0.05, 0) is 5.56 Å². The lowest BCUT2D eigenvalue weighted by Gasteiger charge is -2.09. The van der Waals surface area contributed by atoms with E-state index in [1.165, 1.54) is 4.57 Å². The fraction of sp³-hybridized carbons (Fsp3) is 0.0769. The lowest BCUT2D eigenvalue weighted by Crippen LogP contribution is -2.47. The van der Waals surface area contributed by atoms with Crippen molar-refractivity contribution in [2.75, 3.05) is 5.32 Å². The third-order valence-electron chi connectivity index (χ3n) is 5.43. The molecule has 4 aromatic rings. The lowest BCUT2D eigenvalue weighted by atomic mass is 10.1. The van der Waals surface area contributed by atoms with Crippen molar-refractivity contribution in [3.8, 4) is 28.6 Å². The van der Waals surface area contributed by atoms with Gasteiger partial charge >= 0.3 is 11.7 Å². The van der Waals surface area contributed by atoms with Crippen LogP contribution < -0.4 is 9.88 Å². The van der Waals surface area contributed by atoms with Gasteiger partial charge in [-0.1, -0.05) is 91.0 Å². The molecule has 1 atom stereocenters. The van der Waals surface area contributed by atoms with Crippen LogP contribution in [0.1, 0.15) is 16.1 Å². The van der Waals surface area contributed by atoms with Gasteiger partial charge in [0.15, 0.2) is 11.7 Å². The molecule has 1 aliphatic heterocycles. The molecule has 1 aliphatic rings. The summed E-state index contributed by atoms with van der Waals surface area (Å²) >= 11 is 0. The molecular weight excluding hydrogens is 384 g/mol. The normalized spacial score (nSPS) is 14.5. The van der Waals surface area contributed by atoms with Gasteiger partial charge in [0.2, 0.25) is 5.69 Å². The number of aromatic nitrogens is 2. The zero-order valence-electron chi connectivity index (χ0n) is 16.7.